The predicted octanol–water partition coefficient (Wildman–Crippen LogP) is 3.73. The summed E-state index contributed by atoms with van der Waals surface area (Å²) < 4.78 is 2.05. The molecule has 2 heterocycles. The van der Waals surface area contributed by atoms with Crippen molar-refractivity contribution in [1.29, 1.82) is 0 Å². The Kier molecular flexibility index (Phi) is 5.83. The number of aliphatic carboxylic acids is 1. The van der Waals surface area contributed by atoms with Crippen LogP contribution in [0.15, 0.2) is 29.2 Å². The number of benzene rings is 1. The SMILES string of the molecule is Cc1cc(/C=C2/SC(=S)N(CC(=O)O)C2=O)c(C)n1-c1ccc(Cl)c(C(=O)O)c1. The number of carboxylic acids is 2. The molecule has 0 bridgehead atoms. The van der Waals surface area contributed by atoms with E-state index < -0.39 is 24.4 Å². The van der Waals surface area contributed by atoms with Gasteiger partial charge in [0.05, 0.1) is 15.5 Å². The highest BCUT2D eigenvalue weighted by molar-refractivity contribution is 8.26. The molecule has 2 N–H and O–H groups in total. The predicted molar refractivity (Wildman–Crippen MR) is 115 cm³/mol. The summed E-state index contributed by atoms with van der Waals surface area (Å²) in [6.45, 7) is 3.21. The van der Waals surface area contributed by atoms with Gasteiger partial charge in [0.25, 0.3) is 5.91 Å². The van der Waals surface area contributed by atoms with E-state index in [1.807, 2.05) is 24.5 Å². The van der Waals surface area contributed by atoms with E-state index in [0.29, 0.717) is 10.6 Å². The number of aromatic carboxylic acids is 1. The molecule has 7 nitrogen and oxygen atoms in total. The number of aryl methyl sites for hydroxylation is 1. The molecule has 0 saturated carbocycles. The van der Waals surface area contributed by atoms with Gasteiger partial charge in [-0.25, -0.2) is 4.79 Å². The van der Waals surface area contributed by atoms with Gasteiger partial charge < -0.3 is 14.8 Å². The highest BCUT2D eigenvalue weighted by Gasteiger charge is 2.33. The third kappa shape index (κ3) is 4.07. The van der Waals surface area contributed by atoms with E-state index >= 15 is 0 Å². The van der Waals surface area contributed by atoms with Crippen molar-refractivity contribution < 1.29 is 24.6 Å². The van der Waals surface area contributed by atoms with Gasteiger partial charge in [-0.05, 0) is 49.8 Å². The van der Waals surface area contributed by atoms with Gasteiger partial charge in [0, 0.05) is 17.1 Å². The maximum atomic E-state index is 12.5. The van der Waals surface area contributed by atoms with Crippen LogP contribution in [0, 0.1) is 13.8 Å². The van der Waals surface area contributed by atoms with Crippen LogP contribution in [-0.2, 0) is 9.59 Å². The van der Waals surface area contributed by atoms with Crippen LogP contribution in [-0.4, -0.2) is 48.4 Å². The van der Waals surface area contributed by atoms with Crippen LogP contribution in [0.5, 0.6) is 0 Å². The lowest BCUT2D eigenvalue weighted by atomic mass is 10.2. The van der Waals surface area contributed by atoms with Crippen molar-refractivity contribution in [3.63, 3.8) is 0 Å². The molecule has 0 radical (unpaired) electrons. The van der Waals surface area contributed by atoms with Gasteiger partial charge in [-0.1, -0.05) is 35.6 Å². The van der Waals surface area contributed by atoms with Gasteiger partial charge >= 0.3 is 11.9 Å². The lowest BCUT2D eigenvalue weighted by Crippen LogP contribution is -2.33. The number of rotatable bonds is 5. The number of thioether (sulfide) groups is 1. The second kappa shape index (κ2) is 8.02. The molecule has 0 unspecified atom stereocenters. The van der Waals surface area contributed by atoms with Gasteiger partial charge in [-0.15, -0.1) is 0 Å². The fraction of sp³-hybridized carbons (Fsp3) is 0.158. The van der Waals surface area contributed by atoms with E-state index in [1.165, 1.54) is 12.1 Å². The number of hydrogen-bond donors (Lipinski definition) is 2. The molecule has 1 aromatic carbocycles. The number of carboxylic acid groups (broad SMARTS) is 2. The minimum Gasteiger partial charge on any atom is -0.480 e. The van der Waals surface area contributed by atoms with E-state index in [9.17, 15) is 19.5 Å². The minimum atomic E-state index is -1.14. The molecule has 150 valence electrons. The molecule has 2 aromatic rings. The van der Waals surface area contributed by atoms with Crippen LogP contribution >= 0.6 is 35.6 Å². The van der Waals surface area contributed by atoms with Crippen molar-refractivity contribution >= 4 is 63.8 Å². The molecular formula is C19H15ClN2O5S2. The van der Waals surface area contributed by atoms with E-state index in [-0.39, 0.29) is 14.9 Å². The van der Waals surface area contributed by atoms with Crippen molar-refractivity contribution in [2.75, 3.05) is 6.54 Å². The number of carbonyl (C=O) groups excluding carboxylic acids is 1. The number of nitrogens with zero attached hydrogens (tertiary/aromatic N) is 2. The fourth-order valence-electron chi connectivity index (χ4n) is 3.06. The van der Waals surface area contributed by atoms with Crippen molar-refractivity contribution in [2.24, 2.45) is 0 Å². The fourth-order valence-corrected chi connectivity index (χ4v) is 4.50. The van der Waals surface area contributed by atoms with E-state index in [1.54, 1.807) is 12.1 Å². The van der Waals surface area contributed by atoms with Crippen LogP contribution in [0.1, 0.15) is 27.3 Å². The molecule has 1 fully saturated rings. The zero-order valence-corrected chi connectivity index (χ0v) is 17.7. The number of amides is 1. The topological polar surface area (TPSA) is 99.8 Å². The first-order valence-electron chi connectivity index (χ1n) is 8.29. The molecule has 1 aliphatic rings. The quantitative estimate of drug-likeness (QED) is 0.528. The van der Waals surface area contributed by atoms with Crippen molar-refractivity contribution in [1.82, 2.24) is 9.47 Å². The Morgan fingerprint density at radius 1 is 1.24 bits per heavy atom. The summed E-state index contributed by atoms with van der Waals surface area (Å²) in [5.41, 5.74) is 2.97. The first-order chi connectivity index (χ1) is 13.6. The number of thiocarbonyl (C=S) groups is 1. The first-order valence-corrected chi connectivity index (χ1v) is 9.89. The minimum absolute atomic E-state index is 0.00670. The van der Waals surface area contributed by atoms with E-state index in [2.05, 4.69) is 0 Å². The summed E-state index contributed by atoms with van der Waals surface area (Å²) in [5.74, 6) is -2.72. The van der Waals surface area contributed by atoms with Gasteiger partial charge in [-0.2, -0.15) is 0 Å². The van der Waals surface area contributed by atoms with Gasteiger partial charge in [0.15, 0.2) is 0 Å². The molecule has 10 heteroatoms. The number of carbonyl (C=O) groups is 3. The molecule has 1 aromatic heterocycles. The molecule has 1 amide bonds. The summed E-state index contributed by atoms with van der Waals surface area (Å²) in [5, 5.41) is 18.4. The molecule has 1 aliphatic heterocycles. The highest BCUT2D eigenvalue weighted by atomic mass is 35.5. The Balaban J connectivity index is 2.01. The first kappa shape index (κ1) is 21.1. The molecule has 1 saturated heterocycles. The maximum absolute atomic E-state index is 12.5. The highest BCUT2D eigenvalue weighted by Crippen LogP contribution is 2.34. The zero-order chi connectivity index (χ0) is 21.5. The molecule has 0 atom stereocenters. The summed E-state index contributed by atoms with van der Waals surface area (Å²) >= 11 is 12.1. The van der Waals surface area contributed by atoms with Crippen LogP contribution < -0.4 is 0 Å². The normalized spacial score (nSPS) is 15.4. The third-order valence-corrected chi connectivity index (χ3v) is 6.07. The Labute approximate surface area is 180 Å². The Morgan fingerprint density at radius 3 is 2.55 bits per heavy atom. The van der Waals surface area contributed by atoms with Crippen molar-refractivity contribution in [3.05, 3.63) is 56.7 Å². The Hall–Kier alpha value is -2.62. The van der Waals surface area contributed by atoms with Crippen LogP contribution in [0.4, 0.5) is 0 Å². The summed E-state index contributed by atoms with van der Waals surface area (Å²) in [7, 11) is 0. The Bertz CT molecular complexity index is 1110. The van der Waals surface area contributed by atoms with Crippen LogP contribution in [0.25, 0.3) is 11.8 Å². The van der Waals surface area contributed by atoms with E-state index in [4.69, 9.17) is 28.9 Å². The van der Waals surface area contributed by atoms with Crippen molar-refractivity contribution in [3.8, 4) is 5.69 Å². The van der Waals surface area contributed by atoms with Crippen LogP contribution in [0.2, 0.25) is 5.02 Å². The Morgan fingerprint density at radius 2 is 1.93 bits per heavy atom. The molecule has 0 spiro atoms. The third-order valence-electron chi connectivity index (χ3n) is 4.36. The van der Waals surface area contributed by atoms with Crippen LogP contribution in [0.3, 0.4) is 0 Å². The monoisotopic (exact) mass is 450 g/mol. The number of halogens is 1. The summed E-state index contributed by atoms with van der Waals surface area (Å²) in [6, 6.07) is 6.58. The average Bonchev–Trinajstić information content (AvgIpc) is 3.05. The number of hydrogen-bond acceptors (Lipinski definition) is 5. The summed E-state index contributed by atoms with van der Waals surface area (Å²) in [4.78, 5) is 36.2. The van der Waals surface area contributed by atoms with E-state index in [0.717, 1.165) is 33.6 Å². The van der Waals surface area contributed by atoms with Gasteiger partial charge in [0.2, 0.25) is 0 Å². The molecule has 29 heavy (non-hydrogen) atoms. The molecular weight excluding hydrogens is 436 g/mol. The standard InChI is InChI=1S/C19H15ClN2O5S2/c1-9-5-11(6-15-17(25)21(8-16(23)24)19(28)29-15)10(2)22(9)12-3-4-14(20)13(7-12)18(26)27/h3-7H,8H2,1-2H3,(H,23,24)(H,26,27)/b15-6+. The molecule has 0 aliphatic carbocycles. The lowest BCUT2D eigenvalue weighted by molar-refractivity contribution is -0.140. The zero-order valence-electron chi connectivity index (χ0n) is 15.3. The largest absolute Gasteiger partial charge is 0.480 e. The number of aromatic nitrogens is 1. The smallest absolute Gasteiger partial charge is 0.337 e. The maximum Gasteiger partial charge on any atom is 0.337 e. The second-order valence-corrected chi connectivity index (χ2v) is 8.38. The average molecular weight is 451 g/mol. The van der Waals surface area contributed by atoms with Gasteiger partial charge in [0.1, 0.15) is 10.9 Å². The lowest BCUT2D eigenvalue weighted by Gasteiger charge is -2.11. The molecule has 3 rings (SSSR count). The van der Waals surface area contributed by atoms with Crippen molar-refractivity contribution in [2.45, 2.75) is 13.8 Å². The summed E-state index contributed by atoms with van der Waals surface area (Å²) in [6.07, 6.45) is 1.66. The second-order valence-electron chi connectivity index (χ2n) is 6.29. The van der Waals surface area contributed by atoms with Gasteiger partial charge in [-0.3, -0.25) is 14.5 Å².